The van der Waals surface area contributed by atoms with E-state index in [1.165, 1.54) is 12.1 Å². The maximum absolute atomic E-state index is 14.1. The van der Waals surface area contributed by atoms with Crippen molar-refractivity contribution in [2.75, 3.05) is 10.3 Å². The molecule has 186 valence electrons. The SMILES string of the molecule is Cc1cc(NN(C=O)S(=O)(=NC(C)(C)C)c2ccccc2)ccc1N1C(=O)c2ccc(Cl)cc2C1=O. The van der Waals surface area contributed by atoms with E-state index in [1.807, 2.05) is 0 Å². The highest BCUT2D eigenvalue weighted by Crippen LogP contribution is 2.33. The van der Waals surface area contributed by atoms with Gasteiger partial charge in [-0.25, -0.2) is 13.5 Å². The number of anilines is 2. The summed E-state index contributed by atoms with van der Waals surface area (Å²) in [6, 6.07) is 18.0. The predicted octanol–water partition coefficient (Wildman–Crippen LogP) is 5.47. The molecule has 0 saturated carbocycles. The van der Waals surface area contributed by atoms with Crippen LogP contribution in [0.25, 0.3) is 0 Å². The number of hydrogen-bond donors (Lipinski definition) is 1. The molecule has 8 nitrogen and oxygen atoms in total. The molecule has 0 bridgehead atoms. The third kappa shape index (κ3) is 4.72. The highest BCUT2D eigenvalue weighted by atomic mass is 35.5. The summed E-state index contributed by atoms with van der Waals surface area (Å²) in [5.74, 6) is -0.909. The molecule has 0 saturated heterocycles. The Morgan fingerprint density at radius 1 is 0.972 bits per heavy atom. The largest absolute Gasteiger partial charge is 0.283 e. The van der Waals surface area contributed by atoms with Crippen LogP contribution >= 0.6 is 11.6 Å². The molecule has 3 amide bonds. The number of benzene rings is 3. The number of carbonyl (C=O) groups is 3. The number of rotatable bonds is 6. The summed E-state index contributed by atoms with van der Waals surface area (Å²) < 4.78 is 19.5. The van der Waals surface area contributed by atoms with Crippen LogP contribution in [-0.4, -0.2) is 32.4 Å². The normalized spacial score (nSPS) is 14.8. The van der Waals surface area contributed by atoms with Gasteiger partial charge in [0.2, 0.25) is 6.41 Å². The Labute approximate surface area is 215 Å². The van der Waals surface area contributed by atoms with E-state index in [4.69, 9.17) is 11.6 Å². The number of halogens is 1. The first kappa shape index (κ1) is 25.4. The first-order valence-electron chi connectivity index (χ1n) is 11.1. The lowest BCUT2D eigenvalue weighted by Gasteiger charge is -2.27. The highest BCUT2D eigenvalue weighted by molar-refractivity contribution is 7.92. The molecule has 0 radical (unpaired) electrons. The molecule has 1 unspecified atom stereocenters. The van der Waals surface area contributed by atoms with Crippen LogP contribution in [0.3, 0.4) is 0 Å². The van der Waals surface area contributed by atoms with Crippen LogP contribution in [0.5, 0.6) is 0 Å². The topological polar surface area (TPSA) is 99.2 Å². The van der Waals surface area contributed by atoms with Gasteiger partial charge < -0.3 is 0 Å². The fraction of sp³-hybridized carbons (Fsp3) is 0.192. The van der Waals surface area contributed by atoms with Gasteiger partial charge in [-0.1, -0.05) is 29.8 Å². The number of amides is 3. The van der Waals surface area contributed by atoms with Gasteiger partial charge in [0.05, 0.1) is 32.9 Å². The number of nitrogens with zero attached hydrogens (tertiary/aromatic N) is 3. The van der Waals surface area contributed by atoms with Crippen molar-refractivity contribution in [2.45, 2.75) is 38.1 Å². The van der Waals surface area contributed by atoms with Crippen molar-refractivity contribution in [1.29, 1.82) is 0 Å². The van der Waals surface area contributed by atoms with Crippen molar-refractivity contribution in [1.82, 2.24) is 4.41 Å². The van der Waals surface area contributed by atoms with E-state index in [1.54, 1.807) is 82.3 Å². The zero-order valence-electron chi connectivity index (χ0n) is 20.2. The second-order valence-corrected chi connectivity index (χ2v) is 11.7. The Hall–Kier alpha value is -3.69. The lowest BCUT2D eigenvalue weighted by atomic mass is 10.1. The van der Waals surface area contributed by atoms with Crippen LogP contribution in [0.2, 0.25) is 5.02 Å². The maximum Gasteiger partial charge on any atom is 0.266 e. The van der Waals surface area contributed by atoms with Crippen molar-refractivity contribution >= 4 is 51.1 Å². The number of carbonyl (C=O) groups excluding carboxylic acids is 3. The average molecular weight is 525 g/mol. The Kier molecular flexibility index (Phi) is 6.64. The number of aryl methyl sites for hydroxylation is 1. The molecule has 10 heteroatoms. The first-order chi connectivity index (χ1) is 16.9. The fourth-order valence-corrected chi connectivity index (χ4v) is 6.05. The molecule has 0 aromatic heterocycles. The van der Waals surface area contributed by atoms with Gasteiger partial charge in [0.15, 0.2) is 9.92 Å². The molecule has 1 aliphatic rings. The Morgan fingerprint density at radius 2 is 1.64 bits per heavy atom. The molecule has 3 aromatic carbocycles. The van der Waals surface area contributed by atoms with Crippen molar-refractivity contribution in [3.05, 3.63) is 88.4 Å². The van der Waals surface area contributed by atoms with Crippen LogP contribution in [-0.2, 0) is 14.7 Å². The minimum Gasteiger partial charge on any atom is -0.283 e. The third-order valence-electron chi connectivity index (χ3n) is 5.34. The maximum atomic E-state index is 14.1. The Morgan fingerprint density at radius 3 is 2.25 bits per heavy atom. The van der Waals surface area contributed by atoms with Gasteiger partial charge in [0.1, 0.15) is 0 Å². The molecule has 3 aromatic rings. The van der Waals surface area contributed by atoms with Gasteiger partial charge in [-0.05, 0) is 81.8 Å². The van der Waals surface area contributed by atoms with E-state index in [0.29, 0.717) is 33.3 Å². The summed E-state index contributed by atoms with van der Waals surface area (Å²) in [4.78, 5) is 39.5. The first-order valence-corrected chi connectivity index (χ1v) is 12.9. The quantitative estimate of drug-likeness (QED) is 0.262. The number of nitrogens with one attached hydrogen (secondary N) is 1. The second kappa shape index (κ2) is 9.40. The molecular weight excluding hydrogens is 500 g/mol. The molecule has 1 atom stereocenters. The minimum atomic E-state index is -3.36. The molecule has 0 spiro atoms. The summed E-state index contributed by atoms with van der Waals surface area (Å²) in [7, 11) is -3.36. The van der Waals surface area contributed by atoms with Crippen LogP contribution in [0, 0.1) is 6.92 Å². The summed E-state index contributed by atoms with van der Waals surface area (Å²) in [6.07, 6.45) is 0.432. The van der Waals surface area contributed by atoms with Crippen molar-refractivity contribution in [2.24, 2.45) is 4.36 Å². The van der Waals surface area contributed by atoms with Gasteiger partial charge in [0.25, 0.3) is 11.8 Å². The summed E-state index contributed by atoms with van der Waals surface area (Å²) in [5.41, 5.74) is 4.11. The van der Waals surface area contributed by atoms with E-state index in [9.17, 15) is 18.6 Å². The molecule has 4 rings (SSSR count). The highest BCUT2D eigenvalue weighted by Gasteiger charge is 2.37. The van der Waals surface area contributed by atoms with Crippen molar-refractivity contribution in [3.63, 3.8) is 0 Å². The zero-order valence-corrected chi connectivity index (χ0v) is 21.8. The summed E-state index contributed by atoms with van der Waals surface area (Å²) in [5, 5.41) is 0.365. The lowest BCUT2D eigenvalue weighted by Crippen LogP contribution is -2.36. The predicted molar refractivity (Wildman–Crippen MR) is 140 cm³/mol. The summed E-state index contributed by atoms with van der Waals surface area (Å²) in [6.45, 7) is 7.13. The second-order valence-electron chi connectivity index (χ2n) is 9.25. The van der Waals surface area contributed by atoms with Crippen LogP contribution in [0.15, 0.2) is 76.0 Å². The number of hydrazine groups is 1. The van der Waals surface area contributed by atoms with Crippen LogP contribution in [0.4, 0.5) is 11.4 Å². The lowest BCUT2D eigenvalue weighted by molar-refractivity contribution is -0.113. The van der Waals surface area contributed by atoms with E-state index >= 15 is 0 Å². The average Bonchev–Trinajstić information content (AvgIpc) is 3.06. The minimum absolute atomic E-state index is 0.243. The van der Waals surface area contributed by atoms with Gasteiger partial charge in [-0.3, -0.25) is 19.8 Å². The van der Waals surface area contributed by atoms with Gasteiger partial charge in [-0.15, -0.1) is 0 Å². The fourth-order valence-electron chi connectivity index (χ4n) is 3.86. The van der Waals surface area contributed by atoms with Crippen LogP contribution in [0.1, 0.15) is 47.1 Å². The van der Waals surface area contributed by atoms with Crippen LogP contribution < -0.4 is 10.3 Å². The molecule has 36 heavy (non-hydrogen) atoms. The van der Waals surface area contributed by atoms with E-state index in [0.717, 1.165) is 9.31 Å². The summed E-state index contributed by atoms with van der Waals surface area (Å²) >= 11 is 6.01. The molecule has 0 fully saturated rings. The molecule has 1 aliphatic heterocycles. The number of hydrogen-bond acceptors (Lipinski definition) is 6. The molecule has 1 heterocycles. The standard InChI is InChI=1S/C26H25ClN4O4S/c1-17-14-19(11-13-23(17)31-24(33)21-12-10-18(27)15-22(21)25(31)34)28-30(16-32)36(35,29-26(2,3)4)20-8-6-5-7-9-20/h5-16,28H,1-4H3. The Balaban J connectivity index is 1.69. The zero-order chi connectivity index (χ0) is 26.3. The molecular formula is C26H25ClN4O4S. The molecule has 1 N–H and O–H groups in total. The van der Waals surface area contributed by atoms with Crippen molar-refractivity contribution in [3.8, 4) is 0 Å². The third-order valence-corrected chi connectivity index (χ3v) is 7.96. The monoisotopic (exact) mass is 524 g/mol. The smallest absolute Gasteiger partial charge is 0.266 e. The number of fused-ring (bicyclic) bond motifs is 1. The van der Waals surface area contributed by atoms with E-state index < -0.39 is 27.3 Å². The number of imide groups is 1. The van der Waals surface area contributed by atoms with E-state index in [2.05, 4.69) is 9.79 Å². The van der Waals surface area contributed by atoms with Crippen molar-refractivity contribution < 1.29 is 18.6 Å². The van der Waals surface area contributed by atoms with Gasteiger partial charge >= 0.3 is 0 Å². The van der Waals surface area contributed by atoms with Gasteiger partial charge in [0, 0.05) is 5.02 Å². The van der Waals surface area contributed by atoms with Gasteiger partial charge in [-0.2, -0.15) is 4.41 Å². The molecule has 0 aliphatic carbocycles. The van der Waals surface area contributed by atoms with E-state index in [-0.39, 0.29) is 11.1 Å². The Bertz CT molecular complexity index is 1490.